The molecule has 2 N–H and O–H groups in total. The number of hydrogen-bond acceptors (Lipinski definition) is 4. The van der Waals surface area contributed by atoms with Crippen LogP contribution in [0.4, 0.5) is 5.69 Å². The Morgan fingerprint density at radius 3 is 2.82 bits per heavy atom. The van der Waals surface area contributed by atoms with Crippen LogP contribution in [0, 0.1) is 11.3 Å². The Morgan fingerprint density at radius 1 is 1.41 bits per heavy atom. The van der Waals surface area contributed by atoms with E-state index in [1.54, 1.807) is 34.9 Å². The van der Waals surface area contributed by atoms with E-state index in [1.807, 2.05) is 0 Å². The first kappa shape index (κ1) is 14.8. The normalized spacial score (nSPS) is 17.4. The van der Waals surface area contributed by atoms with Gasteiger partial charge in [-0.3, -0.25) is 4.57 Å². The SMILES string of the molecule is N#Cc1cc(N)c(Oc2ccc(Cl)cc2)n1CC1CCCO1. The number of nitrogen functional groups attached to an aromatic ring is 1. The maximum absolute atomic E-state index is 9.29. The highest BCUT2D eigenvalue weighted by Crippen LogP contribution is 2.32. The van der Waals surface area contributed by atoms with Crippen LogP contribution in [0.1, 0.15) is 18.5 Å². The standard InChI is InChI=1S/C16H16ClN3O2/c17-11-3-5-13(6-4-11)22-16-15(19)8-12(9-18)20(16)10-14-2-1-7-21-14/h3-6,8,14H,1-2,7,10,19H2. The van der Waals surface area contributed by atoms with Crippen molar-refractivity contribution in [2.75, 3.05) is 12.3 Å². The zero-order chi connectivity index (χ0) is 15.5. The van der Waals surface area contributed by atoms with Gasteiger partial charge in [-0.15, -0.1) is 0 Å². The fraction of sp³-hybridized carbons (Fsp3) is 0.312. The molecule has 1 aromatic heterocycles. The molecule has 2 aromatic rings. The van der Waals surface area contributed by atoms with E-state index in [4.69, 9.17) is 26.8 Å². The second-order valence-electron chi connectivity index (χ2n) is 5.20. The molecular weight excluding hydrogens is 302 g/mol. The van der Waals surface area contributed by atoms with Crippen LogP contribution in [0.25, 0.3) is 0 Å². The van der Waals surface area contributed by atoms with Gasteiger partial charge in [-0.25, -0.2) is 0 Å². The Bertz CT molecular complexity index is 697. The maximum Gasteiger partial charge on any atom is 0.224 e. The predicted molar refractivity (Wildman–Crippen MR) is 84.1 cm³/mol. The van der Waals surface area contributed by atoms with Gasteiger partial charge in [-0.1, -0.05) is 11.6 Å². The summed E-state index contributed by atoms with van der Waals surface area (Å²) in [4.78, 5) is 0. The third kappa shape index (κ3) is 3.03. The lowest BCUT2D eigenvalue weighted by Crippen LogP contribution is -2.16. The number of hydrogen-bond donors (Lipinski definition) is 1. The van der Waals surface area contributed by atoms with Crippen LogP contribution >= 0.6 is 11.6 Å². The highest BCUT2D eigenvalue weighted by atomic mass is 35.5. The molecule has 22 heavy (non-hydrogen) atoms. The lowest BCUT2D eigenvalue weighted by atomic mass is 10.2. The number of nitriles is 1. The molecule has 0 radical (unpaired) electrons. The van der Waals surface area contributed by atoms with Gasteiger partial charge in [0.25, 0.3) is 0 Å². The second-order valence-corrected chi connectivity index (χ2v) is 5.64. The lowest BCUT2D eigenvalue weighted by molar-refractivity contribution is 0.0952. The minimum atomic E-state index is 0.0893. The first-order valence-electron chi connectivity index (χ1n) is 7.11. The average Bonchev–Trinajstić information content (AvgIpc) is 3.12. The van der Waals surface area contributed by atoms with E-state index in [2.05, 4.69) is 6.07 Å². The molecule has 0 bridgehead atoms. The molecule has 0 saturated carbocycles. The quantitative estimate of drug-likeness (QED) is 0.935. The molecule has 0 amide bonds. The van der Waals surface area contributed by atoms with E-state index in [0.29, 0.717) is 34.6 Å². The summed E-state index contributed by atoms with van der Waals surface area (Å²) in [7, 11) is 0. The monoisotopic (exact) mass is 317 g/mol. The third-order valence-corrected chi connectivity index (χ3v) is 3.88. The Balaban J connectivity index is 1.90. The summed E-state index contributed by atoms with van der Waals surface area (Å²) >= 11 is 5.87. The smallest absolute Gasteiger partial charge is 0.224 e. The number of benzene rings is 1. The van der Waals surface area contributed by atoms with Gasteiger partial charge < -0.3 is 15.2 Å². The van der Waals surface area contributed by atoms with E-state index in [-0.39, 0.29) is 6.10 Å². The minimum absolute atomic E-state index is 0.0893. The minimum Gasteiger partial charge on any atom is -0.439 e. The fourth-order valence-corrected chi connectivity index (χ4v) is 2.67. The van der Waals surface area contributed by atoms with Gasteiger partial charge in [0, 0.05) is 17.7 Å². The van der Waals surface area contributed by atoms with E-state index < -0.39 is 0 Å². The van der Waals surface area contributed by atoms with Gasteiger partial charge in [0.2, 0.25) is 5.88 Å². The van der Waals surface area contributed by atoms with Crippen LogP contribution in [0.3, 0.4) is 0 Å². The van der Waals surface area contributed by atoms with Crippen LogP contribution in [0.5, 0.6) is 11.6 Å². The van der Waals surface area contributed by atoms with Crippen molar-refractivity contribution in [2.24, 2.45) is 0 Å². The van der Waals surface area contributed by atoms with Crippen molar-refractivity contribution in [1.29, 1.82) is 5.26 Å². The summed E-state index contributed by atoms with van der Waals surface area (Å²) in [6.45, 7) is 1.32. The van der Waals surface area contributed by atoms with Gasteiger partial charge in [-0.05, 0) is 37.1 Å². The number of aromatic nitrogens is 1. The molecule has 5 nitrogen and oxygen atoms in total. The van der Waals surface area contributed by atoms with E-state index in [0.717, 1.165) is 19.4 Å². The van der Waals surface area contributed by atoms with Crippen LogP contribution in [-0.2, 0) is 11.3 Å². The first-order valence-corrected chi connectivity index (χ1v) is 7.49. The molecule has 3 rings (SSSR count). The number of ether oxygens (including phenoxy) is 2. The number of nitrogens with two attached hydrogens (primary N) is 1. The van der Waals surface area contributed by atoms with Crippen molar-refractivity contribution in [1.82, 2.24) is 4.57 Å². The van der Waals surface area contributed by atoms with Gasteiger partial charge >= 0.3 is 0 Å². The number of rotatable bonds is 4. The van der Waals surface area contributed by atoms with Crippen molar-refractivity contribution in [2.45, 2.75) is 25.5 Å². The molecule has 6 heteroatoms. The molecule has 1 saturated heterocycles. The Hall–Kier alpha value is -2.16. The molecule has 114 valence electrons. The molecule has 2 heterocycles. The average molecular weight is 318 g/mol. The Labute approximate surface area is 133 Å². The summed E-state index contributed by atoms with van der Waals surface area (Å²) in [5, 5.41) is 9.92. The molecule has 1 unspecified atom stereocenters. The van der Waals surface area contributed by atoms with Crippen molar-refractivity contribution >= 4 is 17.3 Å². The molecule has 1 aromatic carbocycles. The molecular formula is C16H16ClN3O2. The van der Waals surface area contributed by atoms with Crippen molar-refractivity contribution in [3.63, 3.8) is 0 Å². The van der Waals surface area contributed by atoms with Gasteiger partial charge in [-0.2, -0.15) is 5.26 Å². The topological polar surface area (TPSA) is 73.2 Å². The predicted octanol–water partition coefficient (Wildman–Crippen LogP) is 3.57. The summed E-state index contributed by atoms with van der Waals surface area (Å²) < 4.78 is 13.3. The fourth-order valence-electron chi connectivity index (χ4n) is 2.55. The van der Waals surface area contributed by atoms with Crippen LogP contribution < -0.4 is 10.5 Å². The number of anilines is 1. The van der Waals surface area contributed by atoms with Gasteiger partial charge in [0.05, 0.1) is 18.3 Å². The van der Waals surface area contributed by atoms with Crippen molar-refractivity contribution < 1.29 is 9.47 Å². The third-order valence-electron chi connectivity index (χ3n) is 3.63. The highest BCUT2D eigenvalue weighted by molar-refractivity contribution is 6.30. The molecule has 1 atom stereocenters. The van der Waals surface area contributed by atoms with E-state index in [1.165, 1.54) is 0 Å². The summed E-state index contributed by atoms with van der Waals surface area (Å²) in [5.74, 6) is 1.08. The summed E-state index contributed by atoms with van der Waals surface area (Å²) in [5.41, 5.74) is 6.91. The largest absolute Gasteiger partial charge is 0.439 e. The van der Waals surface area contributed by atoms with Gasteiger partial charge in [0.15, 0.2) is 0 Å². The Kier molecular flexibility index (Phi) is 4.23. The van der Waals surface area contributed by atoms with E-state index >= 15 is 0 Å². The zero-order valence-electron chi connectivity index (χ0n) is 12.0. The molecule has 1 aliphatic heterocycles. The van der Waals surface area contributed by atoms with E-state index in [9.17, 15) is 5.26 Å². The lowest BCUT2D eigenvalue weighted by Gasteiger charge is -2.15. The van der Waals surface area contributed by atoms with Gasteiger partial charge in [0.1, 0.15) is 17.5 Å². The molecule has 1 fully saturated rings. The zero-order valence-corrected chi connectivity index (χ0v) is 12.7. The highest BCUT2D eigenvalue weighted by Gasteiger charge is 2.22. The summed E-state index contributed by atoms with van der Waals surface area (Å²) in [6, 6.07) is 10.8. The van der Waals surface area contributed by atoms with Crippen molar-refractivity contribution in [3.05, 3.63) is 41.0 Å². The van der Waals surface area contributed by atoms with Crippen LogP contribution in [0.15, 0.2) is 30.3 Å². The van der Waals surface area contributed by atoms with Crippen LogP contribution in [-0.4, -0.2) is 17.3 Å². The van der Waals surface area contributed by atoms with Crippen LogP contribution in [0.2, 0.25) is 5.02 Å². The second kappa shape index (κ2) is 6.30. The first-order chi connectivity index (χ1) is 10.7. The maximum atomic E-state index is 9.29. The molecule has 1 aliphatic rings. The number of nitrogens with zero attached hydrogens (tertiary/aromatic N) is 2. The molecule has 0 spiro atoms. The Morgan fingerprint density at radius 2 is 2.18 bits per heavy atom. The summed E-state index contributed by atoms with van der Waals surface area (Å²) in [6.07, 6.45) is 2.10. The number of halogens is 1. The molecule has 0 aliphatic carbocycles. The van der Waals surface area contributed by atoms with Crippen molar-refractivity contribution in [3.8, 4) is 17.7 Å².